The Labute approximate surface area is 119 Å². The van der Waals surface area contributed by atoms with Crippen LogP contribution >= 0.6 is 0 Å². The Balaban J connectivity index is 0.000000204. The SMILES string of the molecule is CN=C(C)n1cncn1.CN=C(C)n1nc(C)cc1C. The predicted molar refractivity (Wildman–Crippen MR) is 80.6 cm³/mol. The summed E-state index contributed by atoms with van der Waals surface area (Å²) in [6, 6.07) is 2.04. The molecule has 2 aromatic heterocycles. The molecule has 0 saturated heterocycles. The molecule has 0 aliphatic heterocycles. The summed E-state index contributed by atoms with van der Waals surface area (Å²) in [5, 5.41) is 8.13. The van der Waals surface area contributed by atoms with E-state index in [4.69, 9.17) is 0 Å². The summed E-state index contributed by atoms with van der Waals surface area (Å²) in [5.74, 6) is 1.77. The van der Waals surface area contributed by atoms with Crippen molar-refractivity contribution in [3.8, 4) is 0 Å². The molecule has 0 aliphatic carbocycles. The Hall–Kier alpha value is -2.31. The van der Waals surface area contributed by atoms with Crippen molar-refractivity contribution in [3.05, 3.63) is 30.1 Å². The van der Waals surface area contributed by atoms with Crippen molar-refractivity contribution in [1.82, 2.24) is 24.5 Å². The van der Waals surface area contributed by atoms with Gasteiger partial charge < -0.3 is 0 Å². The maximum Gasteiger partial charge on any atom is 0.138 e. The van der Waals surface area contributed by atoms with E-state index >= 15 is 0 Å². The third kappa shape index (κ3) is 4.11. The maximum atomic E-state index is 4.27. The Morgan fingerprint density at radius 3 is 2.15 bits per heavy atom. The van der Waals surface area contributed by atoms with Crippen LogP contribution in [0.5, 0.6) is 0 Å². The summed E-state index contributed by atoms with van der Waals surface area (Å²) in [4.78, 5) is 11.7. The van der Waals surface area contributed by atoms with Crippen LogP contribution in [0.3, 0.4) is 0 Å². The summed E-state index contributed by atoms with van der Waals surface area (Å²) in [6.07, 6.45) is 3.09. The molecular weight excluding hydrogens is 254 g/mol. The van der Waals surface area contributed by atoms with Crippen LogP contribution in [0.4, 0.5) is 0 Å². The summed E-state index contributed by atoms with van der Waals surface area (Å²) in [5.41, 5.74) is 2.16. The molecule has 20 heavy (non-hydrogen) atoms. The van der Waals surface area contributed by atoms with E-state index in [1.54, 1.807) is 25.1 Å². The number of rotatable bonds is 0. The molecule has 0 radical (unpaired) electrons. The first-order valence-electron chi connectivity index (χ1n) is 6.25. The van der Waals surface area contributed by atoms with Crippen LogP contribution in [0.2, 0.25) is 0 Å². The molecule has 108 valence electrons. The van der Waals surface area contributed by atoms with Crippen LogP contribution in [-0.4, -0.2) is 50.3 Å². The van der Waals surface area contributed by atoms with Crippen LogP contribution in [-0.2, 0) is 0 Å². The molecule has 0 atom stereocenters. The Morgan fingerprint density at radius 1 is 1.10 bits per heavy atom. The van der Waals surface area contributed by atoms with Crippen molar-refractivity contribution in [3.63, 3.8) is 0 Å². The Kier molecular flexibility index (Phi) is 5.76. The lowest BCUT2D eigenvalue weighted by Crippen LogP contribution is -2.10. The van der Waals surface area contributed by atoms with E-state index in [9.17, 15) is 0 Å². The van der Waals surface area contributed by atoms with Gasteiger partial charge in [-0.3, -0.25) is 9.98 Å². The topological polar surface area (TPSA) is 73.2 Å². The van der Waals surface area contributed by atoms with Gasteiger partial charge in [-0.15, -0.1) is 0 Å². The minimum atomic E-state index is 0.840. The molecule has 0 bridgehead atoms. The van der Waals surface area contributed by atoms with Gasteiger partial charge in [0, 0.05) is 19.8 Å². The molecule has 7 nitrogen and oxygen atoms in total. The molecule has 7 heteroatoms. The average Bonchev–Trinajstić information content (AvgIpc) is 3.07. The fourth-order valence-electron chi connectivity index (χ4n) is 1.53. The molecule has 2 rings (SSSR count). The smallest absolute Gasteiger partial charge is 0.138 e. The molecule has 0 N–H and O–H groups in total. The Bertz CT molecular complexity index is 590. The van der Waals surface area contributed by atoms with Gasteiger partial charge in [-0.25, -0.2) is 14.3 Å². The highest BCUT2D eigenvalue weighted by Crippen LogP contribution is 2.00. The Morgan fingerprint density at radius 2 is 1.75 bits per heavy atom. The van der Waals surface area contributed by atoms with E-state index in [1.807, 2.05) is 38.4 Å². The van der Waals surface area contributed by atoms with Crippen LogP contribution in [0, 0.1) is 13.8 Å². The number of aromatic nitrogens is 5. The van der Waals surface area contributed by atoms with E-state index < -0.39 is 0 Å². The van der Waals surface area contributed by atoms with Crippen molar-refractivity contribution in [1.29, 1.82) is 0 Å². The van der Waals surface area contributed by atoms with Crippen molar-refractivity contribution in [2.45, 2.75) is 27.7 Å². The van der Waals surface area contributed by atoms with Crippen LogP contribution in [0.1, 0.15) is 25.2 Å². The zero-order chi connectivity index (χ0) is 15.1. The largest absolute Gasteiger partial charge is 0.274 e. The van der Waals surface area contributed by atoms with Gasteiger partial charge >= 0.3 is 0 Å². The third-order valence-electron chi connectivity index (χ3n) is 2.71. The van der Waals surface area contributed by atoms with Gasteiger partial charge in [-0.05, 0) is 33.8 Å². The van der Waals surface area contributed by atoms with Crippen LogP contribution in [0.25, 0.3) is 0 Å². The van der Waals surface area contributed by atoms with Gasteiger partial charge in [-0.1, -0.05) is 0 Å². The number of aliphatic imine (C=N–C) groups is 2. The average molecular weight is 275 g/mol. The van der Waals surface area contributed by atoms with Gasteiger partial charge in [0.25, 0.3) is 0 Å². The summed E-state index contributed by atoms with van der Waals surface area (Å²) >= 11 is 0. The summed E-state index contributed by atoms with van der Waals surface area (Å²) in [6.45, 7) is 7.81. The van der Waals surface area contributed by atoms with Gasteiger partial charge in [0.2, 0.25) is 0 Å². The van der Waals surface area contributed by atoms with E-state index in [0.29, 0.717) is 0 Å². The van der Waals surface area contributed by atoms with E-state index in [-0.39, 0.29) is 0 Å². The molecule has 0 unspecified atom stereocenters. The first-order chi connectivity index (χ1) is 9.49. The van der Waals surface area contributed by atoms with Crippen molar-refractivity contribution >= 4 is 11.7 Å². The summed E-state index contributed by atoms with van der Waals surface area (Å²) < 4.78 is 3.45. The zero-order valence-electron chi connectivity index (χ0n) is 12.9. The molecule has 0 saturated carbocycles. The predicted octanol–water partition coefficient (Wildman–Crippen LogP) is 1.57. The second kappa shape index (κ2) is 7.32. The van der Waals surface area contributed by atoms with Crippen molar-refractivity contribution < 1.29 is 0 Å². The van der Waals surface area contributed by atoms with E-state index in [2.05, 4.69) is 25.2 Å². The monoisotopic (exact) mass is 275 g/mol. The summed E-state index contributed by atoms with van der Waals surface area (Å²) in [7, 11) is 3.49. The van der Waals surface area contributed by atoms with Crippen molar-refractivity contribution in [2.24, 2.45) is 9.98 Å². The lowest BCUT2D eigenvalue weighted by molar-refractivity contribution is 0.872. The van der Waals surface area contributed by atoms with Gasteiger partial charge in [-0.2, -0.15) is 10.2 Å². The first-order valence-corrected chi connectivity index (χ1v) is 6.25. The van der Waals surface area contributed by atoms with E-state index in [0.717, 1.165) is 23.1 Å². The number of hydrogen-bond acceptors (Lipinski definition) is 5. The fraction of sp³-hybridized carbons (Fsp3) is 0.462. The highest BCUT2D eigenvalue weighted by atomic mass is 15.3. The van der Waals surface area contributed by atoms with Crippen LogP contribution < -0.4 is 0 Å². The minimum Gasteiger partial charge on any atom is -0.274 e. The lowest BCUT2D eigenvalue weighted by atomic mass is 10.4. The standard InChI is InChI=1S/C8H13N3.C5H8N4/c1-6-5-7(2)11(10-6)8(3)9-4;1-5(6-2)9-4-7-3-8-9/h5H,1-4H3;3-4H,1-2H3. The van der Waals surface area contributed by atoms with Gasteiger partial charge in [0.05, 0.1) is 5.69 Å². The molecule has 0 aliphatic rings. The minimum absolute atomic E-state index is 0.840. The maximum absolute atomic E-state index is 4.27. The van der Waals surface area contributed by atoms with Crippen LogP contribution in [0.15, 0.2) is 28.7 Å². The molecule has 0 aromatic carbocycles. The molecule has 0 spiro atoms. The highest BCUT2D eigenvalue weighted by molar-refractivity contribution is 5.81. The normalized spacial score (nSPS) is 12.1. The molecular formula is C13H21N7. The number of aryl methyl sites for hydroxylation is 2. The number of nitrogens with zero attached hydrogens (tertiary/aromatic N) is 7. The van der Waals surface area contributed by atoms with E-state index in [1.165, 1.54) is 6.33 Å². The quantitative estimate of drug-likeness (QED) is 0.541. The first kappa shape index (κ1) is 15.7. The molecule has 2 heterocycles. The second-order valence-electron chi connectivity index (χ2n) is 4.22. The third-order valence-corrected chi connectivity index (χ3v) is 2.71. The molecule has 0 fully saturated rings. The lowest BCUT2D eigenvalue weighted by Gasteiger charge is -2.00. The number of hydrogen-bond donors (Lipinski definition) is 0. The molecule has 0 amide bonds. The zero-order valence-corrected chi connectivity index (χ0v) is 12.9. The second-order valence-corrected chi connectivity index (χ2v) is 4.22. The molecule has 2 aromatic rings. The highest BCUT2D eigenvalue weighted by Gasteiger charge is 2.01. The fourth-order valence-corrected chi connectivity index (χ4v) is 1.53. The van der Waals surface area contributed by atoms with Gasteiger partial charge in [0.15, 0.2) is 0 Å². The van der Waals surface area contributed by atoms with Crippen molar-refractivity contribution in [2.75, 3.05) is 14.1 Å². The van der Waals surface area contributed by atoms with Gasteiger partial charge in [0.1, 0.15) is 24.3 Å².